The van der Waals surface area contributed by atoms with Gasteiger partial charge in [0.15, 0.2) is 0 Å². The molecule has 1 fully saturated rings. The number of carbonyl (C=O) groups is 2. The Balaban J connectivity index is 2.12. The molecule has 1 saturated heterocycles. The van der Waals surface area contributed by atoms with Crippen molar-refractivity contribution in [2.45, 2.75) is 18.9 Å². The van der Waals surface area contributed by atoms with E-state index in [0.717, 1.165) is 0 Å². The standard InChI is InChI=1S/C13H14Cl2N2O4/c14-9-5-7(12(19)20)6-10(15)11(9)16-13(21)17-3-1-8(18)2-4-17/h5-6,8,18H,1-4H2,(H,16,21)(H,19,20). The summed E-state index contributed by atoms with van der Waals surface area (Å²) in [4.78, 5) is 24.5. The van der Waals surface area contributed by atoms with Gasteiger partial charge in [-0.2, -0.15) is 0 Å². The second-order valence-electron chi connectivity index (χ2n) is 4.77. The molecule has 8 heteroatoms. The maximum atomic E-state index is 12.1. The van der Waals surface area contributed by atoms with E-state index in [-0.39, 0.29) is 33.4 Å². The number of hydrogen-bond donors (Lipinski definition) is 3. The van der Waals surface area contributed by atoms with E-state index in [1.807, 2.05) is 0 Å². The number of nitrogens with one attached hydrogen (secondary N) is 1. The zero-order chi connectivity index (χ0) is 15.6. The van der Waals surface area contributed by atoms with E-state index < -0.39 is 5.97 Å². The Morgan fingerprint density at radius 2 is 1.71 bits per heavy atom. The molecular weight excluding hydrogens is 319 g/mol. The number of anilines is 1. The summed E-state index contributed by atoms with van der Waals surface area (Å²) < 4.78 is 0. The normalized spacial score (nSPS) is 15.9. The van der Waals surface area contributed by atoms with Gasteiger partial charge in [-0.15, -0.1) is 0 Å². The quantitative estimate of drug-likeness (QED) is 0.776. The Hall–Kier alpha value is -1.50. The molecule has 0 aliphatic carbocycles. The Labute approximate surface area is 131 Å². The minimum atomic E-state index is -1.15. The van der Waals surface area contributed by atoms with E-state index >= 15 is 0 Å². The molecule has 1 aliphatic rings. The van der Waals surface area contributed by atoms with Crippen LogP contribution in [-0.2, 0) is 0 Å². The van der Waals surface area contributed by atoms with Gasteiger partial charge in [0.05, 0.1) is 27.4 Å². The summed E-state index contributed by atoms with van der Waals surface area (Å²) in [7, 11) is 0. The molecule has 0 spiro atoms. The fourth-order valence-electron chi connectivity index (χ4n) is 2.07. The van der Waals surface area contributed by atoms with Crippen molar-refractivity contribution >= 4 is 40.9 Å². The molecule has 2 amide bonds. The van der Waals surface area contributed by atoms with Gasteiger partial charge in [0.1, 0.15) is 0 Å². The number of piperidine rings is 1. The number of likely N-dealkylation sites (tertiary alicyclic amines) is 1. The second kappa shape index (κ2) is 6.51. The Morgan fingerprint density at radius 1 is 1.19 bits per heavy atom. The average Bonchev–Trinajstić information content (AvgIpc) is 2.43. The third kappa shape index (κ3) is 3.78. The van der Waals surface area contributed by atoms with Gasteiger partial charge >= 0.3 is 12.0 Å². The number of halogens is 2. The van der Waals surface area contributed by atoms with Crippen molar-refractivity contribution in [3.8, 4) is 0 Å². The maximum Gasteiger partial charge on any atom is 0.335 e. The third-order valence-corrected chi connectivity index (χ3v) is 3.87. The SMILES string of the molecule is O=C(O)c1cc(Cl)c(NC(=O)N2CCC(O)CC2)c(Cl)c1. The first kappa shape index (κ1) is 15.9. The van der Waals surface area contributed by atoms with Gasteiger partial charge in [-0.25, -0.2) is 9.59 Å². The van der Waals surface area contributed by atoms with E-state index in [9.17, 15) is 14.7 Å². The Bertz CT molecular complexity index is 548. The van der Waals surface area contributed by atoms with Gasteiger partial charge in [0, 0.05) is 13.1 Å². The van der Waals surface area contributed by atoms with Gasteiger partial charge in [-0.3, -0.25) is 0 Å². The smallest absolute Gasteiger partial charge is 0.335 e. The van der Waals surface area contributed by atoms with Crippen molar-refractivity contribution in [1.29, 1.82) is 0 Å². The summed E-state index contributed by atoms with van der Waals surface area (Å²) in [5, 5.41) is 21.0. The van der Waals surface area contributed by atoms with Crippen LogP contribution < -0.4 is 5.32 Å². The zero-order valence-electron chi connectivity index (χ0n) is 11.0. The topological polar surface area (TPSA) is 89.9 Å². The molecule has 114 valence electrons. The summed E-state index contributed by atoms with van der Waals surface area (Å²) in [6, 6.07) is 2.07. The number of carboxylic acids is 1. The number of rotatable bonds is 2. The van der Waals surface area contributed by atoms with E-state index in [4.69, 9.17) is 28.3 Å². The number of amides is 2. The number of aliphatic hydroxyl groups excluding tert-OH is 1. The summed E-state index contributed by atoms with van der Waals surface area (Å²) in [5.74, 6) is -1.15. The molecule has 0 atom stereocenters. The molecule has 0 unspecified atom stereocenters. The number of aliphatic hydroxyl groups is 1. The molecule has 3 N–H and O–H groups in total. The van der Waals surface area contributed by atoms with Crippen LogP contribution >= 0.6 is 23.2 Å². The van der Waals surface area contributed by atoms with E-state index in [0.29, 0.717) is 25.9 Å². The van der Waals surface area contributed by atoms with E-state index in [2.05, 4.69) is 5.32 Å². The van der Waals surface area contributed by atoms with Crippen molar-refractivity contribution in [3.63, 3.8) is 0 Å². The number of aromatic carboxylic acids is 1. The first-order valence-corrected chi connectivity index (χ1v) is 7.10. The Kier molecular flexibility index (Phi) is 4.92. The van der Waals surface area contributed by atoms with Crippen LogP contribution in [0.4, 0.5) is 10.5 Å². The lowest BCUT2D eigenvalue weighted by molar-refractivity contribution is 0.0696. The molecule has 0 aromatic heterocycles. The number of carbonyl (C=O) groups excluding carboxylic acids is 1. The van der Waals surface area contributed by atoms with Crippen molar-refractivity contribution in [1.82, 2.24) is 4.90 Å². The summed E-state index contributed by atoms with van der Waals surface area (Å²) in [6.07, 6.45) is 0.663. The fourth-order valence-corrected chi connectivity index (χ4v) is 2.65. The predicted molar refractivity (Wildman–Crippen MR) is 79.3 cm³/mol. The molecule has 6 nitrogen and oxygen atoms in total. The Morgan fingerprint density at radius 3 is 2.19 bits per heavy atom. The van der Waals surface area contributed by atoms with Gasteiger partial charge < -0.3 is 20.4 Å². The van der Waals surface area contributed by atoms with Crippen LogP contribution in [0.25, 0.3) is 0 Å². The molecule has 1 aromatic rings. The summed E-state index contributed by atoms with van der Waals surface area (Å²) in [6.45, 7) is 0.880. The van der Waals surface area contributed by atoms with E-state index in [1.54, 1.807) is 4.90 Å². The van der Waals surface area contributed by atoms with Gasteiger partial charge in [0.25, 0.3) is 0 Å². The minimum Gasteiger partial charge on any atom is -0.478 e. The number of urea groups is 1. The lowest BCUT2D eigenvalue weighted by Crippen LogP contribution is -2.42. The van der Waals surface area contributed by atoms with Crippen LogP contribution in [0.2, 0.25) is 10.0 Å². The molecule has 2 rings (SSSR count). The number of nitrogens with zero attached hydrogens (tertiary/aromatic N) is 1. The average molecular weight is 333 g/mol. The van der Waals surface area contributed by atoms with Crippen LogP contribution in [0.3, 0.4) is 0 Å². The predicted octanol–water partition coefficient (Wildman–Crippen LogP) is 2.68. The molecule has 1 heterocycles. The van der Waals surface area contributed by atoms with Crippen LogP contribution in [0, 0.1) is 0 Å². The van der Waals surface area contributed by atoms with Crippen LogP contribution in [-0.4, -0.2) is 46.3 Å². The maximum absolute atomic E-state index is 12.1. The summed E-state index contributed by atoms with van der Waals surface area (Å²) in [5.41, 5.74) is 0.128. The van der Waals surface area contributed by atoms with Crippen molar-refractivity contribution in [2.75, 3.05) is 18.4 Å². The first-order valence-electron chi connectivity index (χ1n) is 6.35. The number of benzene rings is 1. The molecule has 0 saturated carbocycles. The highest BCUT2D eigenvalue weighted by Crippen LogP contribution is 2.32. The van der Waals surface area contributed by atoms with Crippen molar-refractivity contribution in [3.05, 3.63) is 27.7 Å². The van der Waals surface area contributed by atoms with Crippen LogP contribution in [0.1, 0.15) is 23.2 Å². The molecule has 0 radical (unpaired) electrons. The highest BCUT2D eigenvalue weighted by molar-refractivity contribution is 6.40. The lowest BCUT2D eigenvalue weighted by atomic mass is 10.1. The minimum absolute atomic E-state index is 0.0518. The fraction of sp³-hybridized carbons (Fsp3) is 0.385. The van der Waals surface area contributed by atoms with Gasteiger partial charge in [-0.1, -0.05) is 23.2 Å². The third-order valence-electron chi connectivity index (χ3n) is 3.27. The van der Waals surface area contributed by atoms with Crippen LogP contribution in [0.5, 0.6) is 0 Å². The highest BCUT2D eigenvalue weighted by atomic mass is 35.5. The van der Waals surface area contributed by atoms with Crippen LogP contribution in [0.15, 0.2) is 12.1 Å². The van der Waals surface area contributed by atoms with Gasteiger partial charge in [-0.05, 0) is 25.0 Å². The molecular formula is C13H14Cl2N2O4. The molecule has 1 aliphatic heterocycles. The first-order chi connectivity index (χ1) is 9.88. The van der Waals surface area contributed by atoms with Crippen molar-refractivity contribution in [2.24, 2.45) is 0 Å². The molecule has 21 heavy (non-hydrogen) atoms. The molecule has 0 bridgehead atoms. The van der Waals surface area contributed by atoms with Crippen molar-refractivity contribution < 1.29 is 19.8 Å². The van der Waals surface area contributed by atoms with E-state index in [1.165, 1.54) is 12.1 Å². The number of hydrogen-bond acceptors (Lipinski definition) is 3. The summed E-state index contributed by atoms with van der Waals surface area (Å²) >= 11 is 11.9. The monoisotopic (exact) mass is 332 g/mol. The van der Waals surface area contributed by atoms with Gasteiger partial charge in [0.2, 0.25) is 0 Å². The lowest BCUT2D eigenvalue weighted by Gasteiger charge is -2.29. The second-order valence-corrected chi connectivity index (χ2v) is 5.58. The zero-order valence-corrected chi connectivity index (χ0v) is 12.5. The number of carboxylic acid groups (broad SMARTS) is 1. The highest BCUT2D eigenvalue weighted by Gasteiger charge is 2.23. The molecule has 1 aromatic carbocycles. The largest absolute Gasteiger partial charge is 0.478 e.